The van der Waals surface area contributed by atoms with Gasteiger partial charge in [-0.05, 0) is 37.0 Å². The molecule has 1 N–H and O–H groups in total. The molecule has 1 aliphatic carbocycles. The Morgan fingerprint density at radius 2 is 1.92 bits per heavy atom. The summed E-state index contributed by atoms with van der Waals surface area (Å²) >= 11 is 0. The predicted molar refractivity (Wildman–Crippen MR) is 82.9 cm³/mol. The van der Waals surface area contributed by atoms with Crippen molar-refractivity contribution < 1.29 is 23.8 Å². The summed E-state index contributed by atoms with van der Waals surface area (Å²) in [4.78, 5) is 26.7. The fourth-order valence-corrected chi connectivity index (χ4v) is 4.28. The van der Waals surface area contributed by atoms with E-state index in [1.54, 1.807) is 17.0 Å². The van der Waals surface area contributed by atoms with Crippen LogP contribution in [-0.4, -0.2) is 48.2 Å². The van der Waals surface area contributed by atoms with Gasteiger partial charge in [0.05, 0.1) is 17.4 Å². The van der Waals surface area contributed by atoms with Gasteiger partial charge in [-0.3, -0.25) is 9.59 Å². The summed E-state index contributed by atoms with van der Waals surface area (Å²) in [5.74, 6) is -1.34. The van der Waals surface area contributed by atoms with E-state index < -0.39 is 16.8 Å². The fraction of sp³-hybridized carbons (Fsp3) is 0.556. The van der Waals surface area contributed by atoms with Gasteiger partial charge in [-0.15, -0.1) is 0 Å². The first-order valence-electron chi connectivity index (χ1n) is 8.35. The molecular formula is C18H20FNO4. The first-order chi connectivity index (χ1) is 11.5. The lowest BCUT2D eigenvalue weighted by molar-refractivity contribution is -0.157. The van der Waals surface area contributed by atoms with E-state index >= 15 is 0 Å². The van der Waals surface area contributed by atoms with E-state index in [0.717, 1.165) is 18.4 Å². The Labute approximate surface area is 139 Å². The molecule has 1 amide bonds. The zero-order valence-electron chi connectivity index (χ0n) is 13.3. The Morgan fingerprint density at radius 3 is 2.50 bits per heavy atom. The summed E-state index contributed by atoms with van der Waals surface area (Å²) in [6.45, 7) is 1.49. The molecule has 1 saturated carbocycles. The molecule has 0 aromatic heterocycles. The van der Waals surface area contributed by atoms with Crippen molar-refractivity contribution in [1.29, 1.82) is 0 Å². The summed E-state index contributed by atoms with van der Waals surface area (Å²) < 4.78 is 18.6. The lowest BCUT2D eigenvalue weighted by Crippen LogP contribution is -2.45. The number of carboxylic acids is 1. The number of fused-ring (bicyclic) bond motifs is 1. The molecule has 1 aromatic carbocycles. The van der Waals surface area contributed by atoms with Gasteiger partial charge in [-0.1, -0.05) is 12.1 Å². The van der Waals surface area contributed by atoms with Crippen LogP contribution >= 0.6 is 0 Å². The summed E-state index contributed by atoms with van der Waals surface area (Å²) in [6, 6.07) is 6.08. The third kappa shape index (κ3) is 2.16. The number of hydrogen-bond donors (Lipinski definition) is 1. The summed E-state index contributed by atoms with van der Waals surface area (Å²) in [5.41, 5.74) is -0.654. The van der Waals surface area contributed by atoms with Gasteiger partial charge in [0.2, 0.25) is 5.91 Å². The second-order valence-corrected chi connectivity index (χ2v) is 7.26. The average Bonchev–Trinajstić information content (AvgIpc) is 3.28. The minimum absolute atomic E-state index is 0.0240. The van der Waals surface area contributed by atoms with E-state index in [2.05, 4.69) is 0 Å². The van der Waals surface area contributed by atoms with Crippen molar-refractivity contribution in [2.45, 2.75) is 24.7 Å². The number of benzene rings is 1. The molecule has 2 atom stereocenters. The average molecular weight is 333 g/mol. The highest BCUT2D eigenvalue weighted by atomic mass is 19.1. The highest BCUT2D eigenvalue weighted by molar-refractivity contribution is 5.92. The molecule has 5 nitrogen and oxygen atoms in total. The SMILES string of the molecule is O=C(N1C[C@H]2COCC[C@@]2(C(=O)O)C1)C1(c2ccc(F)cc2)CC1. The van der Waals surface area contributed by atoms with Gasteiger partial charge >= 0.3 is 5.97 Å². The molecule has 0 bridgehead atoms. The molecular weight excluding hydrogens is 313 g/mol. The molecule has 128 valence electrons. The number of likely N-dealkylation sites (tertiary alicyclic amines) is 1. The van der Waals surface area contributed by atoms with Crippen molar-refractivity contribution in [2.24, 2.45) is 11.3 Å². The number of hydrogen-bond acceptors (Lipinski definition) is 3. The van der Waals surface area contributed by atoms with Crippen LogP contribution in [0.5, 0.6) is 0 Å². The van der Waals surface area contributed by atoms with Crippen LogP contribution in [-0.2, 0) is 19.7 Å². The van der Waals surface area contributed by atoms with Crippen molar-refractivity contribution in [2.75, 3.05) is 26.3 Å². The summed E-state index contributed by atoms with van der Waals surface area (Å²) in [6.07, 6.45) is 1.91. The zero-order chi connectivity index (χ0) is 16.9. The number of carbonyl (C=O) groups is 2. The fourth-order valence-electron chi connectivity index (χ4n) is 4.28. The molecule has 0 radical (unpaired) electrons. The molecule has 3 aliphatic rings. The quantitative estimate of drug-likeness (QED) is 0.916. The van der Waals surface area contributed by atoms with Gasteiger partial charge in [-0.25, -0.2) is 4.39 Å². The zero-order valence-corrected chi connectivity index (χ0v) is 13.3. The predicted octanol–water partition coefficient (Wildman–Crippen LogP) is 1.81. The van der Waals surface area contributed by atoms with Gasteiger partial charge in [0.15, 0.2) is 0 Å². The van der Waals surface area contributed by atoms with Crippen LogP contribution in [0.4, 0.5) is 4.39 Å². The van der Waals surface area contributed by atoms with Crippen LogP contribution < -0.4 is 0 Å². The van der Waals surface area contributed by atoms with Crippen LogP contribution in [0.15, 0.2) is 24.3 Å². The van der Waals surface area contributed by atoms with Crippen LogP contribution in [0.3, 0.4) is 0 Å². The Morgan fingerprint density at radius 1 is 1.21 bits per heavy atom. The molecule has 4 rings (SSSR count). The molecule has 1 aromatic rings. The number of aliphatic carboxylic acids is 1. The van der Waals surface area contributed by atoms with E-state index in [9.17, 15) is 19.1 Å². The van der Waals surface area contributed by atoms with Crippen LogP contribution in [0.1, 0.15) is 24.8 Å². The minimum Gasteiger partial charge on any atom is -0.481 e. The lowest BCUT2D eigenvalue weighted by atomic mass is 9.74. The highest BCUT2D eigenvalue weighted by Gasteiger charge is 2.59. The van der Waals surface area contributed by atoms with E-state index in [1.165, 1.54) is 12.1 Å². The van der Waals surface area contributed by atoms with Gasteiger partial charge in [0, 0.05) is 25.6 Å². The van der Waals surface area contributed by atoms with Gasteiger partial charge < -0.3 is 14.7 Å². The third-order valence-corrected chi connectivity index (χ3v) is 5.98. The Balaban J connectivity index is 1.59. The molecule has 24 heavy (non-hydrogen) atoms. The molecule has 2 aliphatic heterocycles. The Kier molecular flexibility index (Phi) is 3.42. The first kappa shape index (κ1) is 15.6. The molecule has 2 heterocycles. The molecule has 3 fully saturated rings. The summed E-state index contributed by atoms with van der Waals surface area (Å²) in [5, 5.41) is 9.73. The van der Waals surface area contributed by atoms with Crippen molar-refractivity contribution in [3.8, 4) is 0 Å². The largest absolute Gasteiger partial charge is 0.481 e. The van der Waals surface area contributed by atoms with Crippen molar-refractivity contribution >= 4 is 11.9 Å². The van der Waals surface area contributed by atoms with Gasteiger partial charge in [0.25, 0.3) is 0 Å². The van der Waals surface area contributed by atoms with E-state index in [0.29, 0.717) is 26.2 Å². The monoisotopic (exact) mass is 333 g/mol. The number of nitrogens with zero attached hydrogens (tertiary/aromatic N) is 1. The number of carboxylic acid groups (broad SMARTS) is 1. The normalized spacial score (nSPS) is 30.7. The maximum atomic E-state index is 13.2. The maximum absolute atomic E-state index is 13.2. The van der Waals surface area contributed by atoms with Crippen molar-refractivity contribution in [3.63, 3.8) is 0 Å². The second kappa shape index (κ2) is 5.28. The van der Waals surface area contributed by atoms with Crippen molar-refractivity contribution in [3.05, 3.63) is 35.6 Å². The molecule has 2 saturated heterocycles. The van der Waals surface area contributed by atoms with E-state index in [-0.39, 0.29) is 24.2 Å². The second-order valence-electron chi connectivity index (χ2n) is 7.26. The van der Waals surface area contributed by atoms with E-state index in [4.69, 9.17) is 4.74 Å². The topological polar surface area (TPSA) is 66.8 Å². The van der Waals surface area contributed by atoms with E-state index in [1.807, 2.05) is 0 Å². The van der Waals surface area contributed by atoms with Crippen LogP contribution in [0, 0.1) is 17.2 Å². The number of amides is 1. The third-order valence-electron chi connectivity index (χ3n) is 5.98. The molecule has 6 heteroatoms. The number of carbonyl (C=O) groups excluding carboxylic acids is 1. The van der Waals surface area contributed by atoms with Gasteiger partial charge in [-0.2, -0.15) is 0 Å². The first-order valence-corrected chi connectivity index (χ1v) is 8.35. The Hall–Kier alpha value is -1.95. The van der Waals surface area contributed by atoms with Gasteiger partial charge in [0.1, 0.15) is 5.82 Å². The Bertz CT molecular complexity index is 685. The summed E-state index contributed by atoms with van der Waals surface area (Å²) in [7, 11) is 0. The smallest absolute Gasteiger partial charge is 0.311 e. The number of halogens is 1. The van der Waals surface area contributed by atoms with Crippen LogP contribution in [0.2, 0.25) is 0 Å². The van der Waals surface area contributed by atoms with Crippen molar-refractivity contribution in [1.82, 2.24) is 4.90 Å². The van der Waals surface area contributed by atoms with Crippen LogP contribution in [0.25, 0.3) is 0 Å². The number of rotatable bonds is 3. The molecule has 0 unspecified atom stereocenters. The lowest BCUT2D eigenvalue weighted by Gasteiger charge is -2.34. The number of ether oxygens (including phenoxy) is 1. The minimum atomic E-state index is -0.882. The maximum Gasteiger partial charge on any atom is 0.311 e. The molecule has 0 spiro atoms. The standard InChI is InChI=1S/C18H20FNO4/c19-14-3-1-12(2-4-14)17(5-6-17)15(21)20-9-13-10-24-8-7-18(13,11-20)16(22)23/h1-4,13H,5-11H2,(H,22,23)/t13-,18+/m0/s1. The highest BCUT2D eigenvalue weighted by Crippen LogP contribution is 2.52.